The minimum absolute atomic E-state index is 0.227. The minimum Gasteiger partial charge on any atom is -0.754 e. The lowest BCUT2D eigenvalue weighted by Gasteiger charge is -2.40. The van der Waals surface area contributed by atoms with E-state index in [1.807, 2.05) is 0 Å². The third-order valence-corrected chi connectivity index (χ3v) is 5.13. The van der Waals surface area contributed by atoms with Gasteiger partial charge < -0.3 is 24.9 Å². The van der Waals surface area contributed by atoms with Gasteiger partial charge in [-0.3, -0.25) is 0 Å². The van der Waals surface area contributed by atoms with Gasteiger partial charge in [0.1, 0.15) is 17.6 Å². The summed E-state index contributed by atoms with van der Waals surface area (Å²) in [6.45, 7) is 0. The Morgan fingerprint density at radius 2 is 1.54 bits per heavy atom. The van der Waals surface area contributed by atoms with Gasteiger partial charge in [-0.05, 0) is 36.4 Å². The first-order valence-electron chi connectivity index (χ1n) is 7.81. The fourth-order valence-electron chi connectivity index (χ4n) is 3.32. The van der Waals surface area contributed by atoms with Crippen LogP contribution in [0.1, 0.15) is 17.2 Å². The highest BCUT2D eigenvalue weighted by molar-refractivity contribution is 6.34. The SMILES string of the molecule is [O-]N1c2ccc3c(c2Oc2cccc(Cl)c21)C(O)c1c(Cl)cccc1O3. The van der Waals surface area contributed by atoms with Crippen molar-refractivity contribution in [3.8, 4) is 23.0 Å². The van der Waals surface area contributed by atoms with E-state index in [0.717, 1.165) is 0 Å². The monoisotopic (exact) mass is 386 g/mol. The highest BCUT2D eigenvalue weighted by Crippen LogP contribution is 2.57. The number of benzene rings is 3. The van der Waals surface area contributed by atoms with Crippen LogP contribution in [0.2, 0.25) is 10.0 Å². The predicted molar refractivity (Wildman–Crippen MR) is 99.1 cm³/mol. The minimum atomic E-state index is -1.09. The Morgan fingerprint density at radius 3 is 2.35 bits per heavy atom. The van der Waals surface area contributed by atoms with E-state index in [1.165, 1.54) is 0 Å². The van der Waals surface area contributed by atoms with Crippen molar-refractivity contribution in [2.75, 3.05) is 5.06 Å². The molecular weight excluding hydrogens is 377 g/mol. The summed E-state index contributed by atoms with van der Waals surface area (Å²) in [5.41, 5.74) is 1.26. The van der Waals surface area contributed by atoms with Crippen LogP contribution in [0.5, 0.6) is 23.0 Å². The number of aliphatic hydroxyl groups excluding tert-OH is 1. The molecule has 0 fully saturated rings. The molecule has 5 nitrogen and oxygen atoms in total. The van der Waals surface area contributed by atoms with Crippen molar-refractivity contribution in [2.45, 2.75) is 6.10 Å². The Hall–Kier alpha value is -2.44. The Balaban J connectivity index is 1.73. The first-order valence-corrected chi connectivity index (χ1v) is 8.56. The van der Waals surface area contributed by atoms with Crippen LogP contribution in [-0.4, -0.2) is 5.11 Å². The van der Waals surface area contributed by atoms with Gasteiger partial charge in [-0.2, -0.15) is 0 Å². The number of ether oxygens (including phenoxy) is 2. The number of nitrogens with zero attached hydrogens (tertiary/aromatic N) is 1. The van der Waals surface area contributed by atoms with E-state index in [2.05, 4.69) is 0 Å². The molecule has 0 bridgehead atoms. The standard InChI is InChI=1S/C19H10Cl2NO4/c20-9-3-1-5-12-15(9)18(23)16-13(25-12)8-7-11-19(16)26-14-6-2-4-10(21)17(14)22(11)24/h1-8,18,23H/q-1. The van der Waals surface area contributed by atoms with Gasteiger partial charge in [0.05, 0.1) is 27.0 Å². The van der Waals surface area contributed by atoms with Gasteiger partial charge in [0, 0.05) is 5.56 Å². The second-order valence-electron chi connectivity index (χ2n) is 5.96. The van der Waals surface area contributed by atoms with E-state index >= 15 is 0 Å². The predicted octanol–water partition coefficient (Wildman–Crippen LogP) is 5.92. The highest BCUT2D eigenvalue weighted by Gasteiger charge is 2.35. The van der Waals surface area contributed by atoms with Crippen molar-refractivity contribution in [1.82, 2.24) is 0 Å². The molecule has 0 aliphatic carbocycles. The molecule has 0 aromatic heterocycles. The molecule has 0 saturated carbocycles. The van der Waals surface area contributed by atoms with E-state index in [0.29, 0.717) is 38.5 Å². The molecule has 7 heteroatoms. The lowest BCUT2D eigenvalue weighted by Crippen LogP contribution is -2.18. The molecule has 5 rings (SSSR count). The Bertz CT molecular complexity index is 1070. The molecule has 130 valence electrons. The number of halogens is 2. The van der Waals surface area contributed by atoms with E-state index in [1.54, 1.807) is 48.5 Å². The second kappa shape index (κ2) is 5.53. The van der Waals surface area contributed by atoms with Gasteiger partial charge >= 0.3 is 0 Å². The van der Waals surface area contributed by atoms with Crippen LogP contribution in [0, 0.1) is 5.21 Å². The molecule has 1 unspecified atom stereocenters. The zero-order chi connectivity index (χ0) is 18.0. The van der Waals surface area contributed by atoms with Crippen LogP contribution in [0.25, 0.3) is 0 Å². The summed E-state index contributed by atoms with van der Waals surface area (Å²) < 4.78 is 11.8. The van der Waals surface area contributed by atoms with Crippen LogP contribution in [0.3, 0.4) is 0 Å². The molecule has 3 aromatic rings. The molecular formula is C19H10Cl2NO4-. The van der Waals surface area contributed by atoms with E-state index < -0.39 is 6.10 Å². The van der Waals surface area contributed by atoms with Crippen LogP contribution in [-0.2, 0) is 0 Å². The summed E-state index contributed by atoms with van der Waals surface area (Å²) in [4.78, 5) is 0. The van der Waals surface area contributed by atoms with Crippen LogP contribution >= 0.6 is 23.2 Å². The third kappa shape index (κ3) is 2.06. The van der Waals surface area contributed by atoms with Crippen molar-refractivity contribution in [3.05, 3.63) is 74.9 Å². The van der Waals surface area contributed by atoms with Crippen LogP contribution < -0.4 is 14.5 Å². The normalized spacial score (nSPS) is 16.6. The fourth-order valence-corrected chi connectivity index (χ4v) is 3.84. The Labute approximate surface area is 158 Å². The molecule has 1 N–H and O–H groups in total. The van der Waals surface area contributed by atoms with E-state index in [9.17, 15) is 10.3 Å². The molecule has 2 heterocycles. The summed E-state index contributed by atoms with van der Waals surface area (Å²) in [5, 5.41) is 25.1. The summed E-state index contributed by atoms with van der Waals surface area (Å²) in [6, 6.07) is 13.3. The number of fused-ring (bicyclic) bond motifs is 5. The summed E-state index contributed by atoms with van der Waals surface area (Å²) in [6.07, 6.45) is -1.09. The first-order chi connectivity index (χ1) is 12.6. The lowest BCUT2D eigenvalue weighted by molar-refractivity contribution is 0.199. The molecule has 0 spiro atoms. The van der Waals surface area contributed by atoms with Gasteiger partial charge in [-0.15, -0.1) is 0 Å². The van der Waals surface area contributed by atoms with Crippen molar-refractivity contribution in [3.63, 3.8) is 0 Å². The first kappa shape index (κ1) is 15.8. The molecule has 0 saturated heterocycles. The highest BCUT2D eigenvalue weighted by atomic mass is 35.5. The van der Waals surface area contributed by atoms with Crippen molar-refractivity contribution >= 4 is 34.6 Å². The van der Waals surface area contributed by atoms with Crippen LogP contribution in [0.15, 0.2) is 48.5 Å². The average Bonchev–Trinajstić information content (AvgIpc) is 2.61. The van der Waals surface area contributed by atoms with Crippen LogP contribution in [0.4, 0.5) is 11.4 Å². The van der Waals surface area contributed by atoms with Crippen molar-refractivity contribution < 1.29 is 14.6 Å². The maximum atomic E-state index is 12.8. The smallest absolute Gasteiger partial charge is 0.160 e. The number of hydrogen-bond acceptors (Lipinski definition) is 5. The number of anilines is 2. The number of aliphatic hydroxyl groups is 1. The van der Waals surface area contributed by atoms with E-state index in [-0.39, 0.29) is 22.1 Å². The zero-order valence-electron chi connectivity index (χ0n) is 13.1. The average molecular weight is 387 g/mol. The molecule has 0 amide bonds. The number of rotatable bonds is 0. The molecule has 2 aliphatic rings. The maximum absolute atomic E-state index is 12.8. The number of para-hydroxylation sites is 1. The molecule has 1 atom stereocenters. The zero-order valence-corrected chi connectivity index (χ0v) is 14.6. The summed E-state index contributed by atoms with van der Waals surface area (Å²) in [5.74, 6) is 1.41. The largest absolute Gasteiger partial charge is 0.754 e. The third-order valence-electron chi connectivity index (χ3n) is 4.50. The Kier molecular flexibility index (Phi) is 3.36. The molecule has 26 heavy (non-hydrogen) atoms. The van der Waals surface area contributed by atoms with Gasteiger partial charge in [-0.1, -0.05) is 35.3 Å². The quantitative estimate of drug-likeness (QED) is 0.519. The molecule has 2 aliphatic heterocycles. The van der Waals surface area contributed by atoms with Gasteiger partial charge in [0.25, 0.3) is 0 Å². The lowest BCUT2D eigenvalue weighted by atomic mass is 9.95. The van der Waals surface area contributed by atoms with Gasteiger partial charge in [-0.25, -0.2) is 0 Å². The topological polar surface area (TPSA) is 65.0 Å². The van der Waals surface area contributed by atoms with Gasteiger partial charge in [0.2, 0.25) is 0 Å². The second-order valence-corrected chi connectivity index (χ2v) is 6.78. The maximum Gasteiger partial charge on any atom is 0.160 e. The van der Waals surface area contributed by atoms with E-state index in [4.69, 9.17) is 32.7 Å². The molecule has 3 aromatic carbocycles. The summed E-state index contributed by atoms with van der Waals surface area (Å²) >= 11 is 12.4. The fraction of sp³-hybridized carbons (Fsp3) is 0.0526. The number of hydrogen-bond donors (Lipinski definition) is 1. The van der Waals surface area contributed by atoms with Crippen molar-refractivity contribution in [2.24, 2.45) is 0 Å². The Morgan fingerprint density at radius 1 is 0.846 bits per heavy atom. The van der Waals surface area contributed by atoms with Gasteiger partial charge in [0.15, 0.2) is 11.5 Å². The summed E-state index contributed by atoms with van der Waals surface area (Å²) in [7, 11) is 0. The van der Waals surface area contributed by atoms with Crippen molar-refractivity contribution in [1.29, 1.82) is 0 Å². The molecule has 0 radical (unpaired) electrons.